The molecule has 4 aromatic rings. The summed E-state index contributed by atoms with van der Waals surface area (Å²) in [6, 6.07) is 17.9. The van der Waals surface area contributed by atoms with Crippen molar-refractivity contribution in [3.8, 4) is 57.0 Å². The summed E-state index contributed by atoms with van der Waals surface area (Å²) in [5.41, 5.74) is 10.9. The number of nitrogens with one attached hydrogen (secondary N) is 1. The fraction of sp³-hybridized carbons (Fsp3) is 0.219. The summed E-state index contributed by atoms with van der Waals surface area (Å²) >= 11 is 2.59. The van der Waals surface area contributed by atoms with E-state index in [0.717, 1.165) is 28.8 Å². The number of nitrogens with two attached hydrogens (primary N) is 1. The van der Waals surface area contributed by atoms with Crippen LogP contribution >= 0.6 is 23.1 Å². The van der Waals surface area contributed by atoms with E-state index in [9.17, 15) is 20.6 Å². The monoisotopic (exact) mass is 622 g/mol. The highest BCUT2D eigenvalue weighted by Crippen LogP contribution is 2.46. The van der Waals surface area contributed by atoms with Crippen LogP contribution < -0.4 is 25.3 Å². The van der Waals surface area contributed by atoms with E-state index in [-0.39, 0.29) is 45.6 Å². The third-order valence-electron chi connectivity index (χ3n) is 7.22. The summed E-state index contributed by atoms with van der Waals surface area (Å²) in [6.07, 6.45) is 1.67. The number of ether oxygens (including phenoxy) is 3. The van der Waals surface area contributed by atoms with E-state index in [0.29, 0.717) is 33.4 Å². The maximum Gasteiger partial charge on any atom is 0.225 e. The van der Waals surface area contributed by atoms with E-state index >= 15 is 0 Å². The number of nitrogens with zero attached hydrogens (tertiary/aromatic N) is 4. The first-order valence-corrected chi connectivity index (χ1v) is 15.2. The molecule has 0 saturated heterocycles. The van der Waals surface area contributed by atoms with Crippen molar-refractivity contribution in [2.45, 2.75) is 24.3 Å². The zero-order valence-corrected chi connectivity index (χ0v) is 25.7. The van der Waals surface area contributed by atoms with Crippen LogP contribution in [-0.4, -0.2) is 38.0 Å². The lowest BCUT2D eigenvalue weighted by atomic mass is 9.90. The van der Waals surface area contributed by atoms with Gasteiger partial charge in [-0.1, -0.05) is 24.3 Å². The van der Waals surface area contributed by atoms with Crippen molar-refractivity contribution in [2.24, 2.45) is 0 Å². The van der Waals surface area contributed by atoms with Gasteiger partial charge in [0.05, 0.1) is 32.5 Å². The number of amides is 1. The molecule has 0 aliphatic heterocycles. The number of anilines is 2. The second kappa shape index (κ2) is 13.0. The maximum atomic E-state index is 13.0. The topological polar surface area (TPSA) is 167 Å². The third kappa shape index (κ3) is 5.47. The van der Waals surface area contributed by atoms with E-state index in [1.165, 1.54) is 50.0 Å². The normalized spacial score (nSPS) is 11.3. The number of benzene rings is 2. The van der Waals surface area contributed by atoms with E-state index in [2.05, 4.69) is 34.6 Å². The van der Waals surface area contributed by atoms with Gasteiger partial charge in [-0.15, -0.1) is 23.1 Å². The van der Waals surface area contributed by atoms with Crippen molar-refractivity contribution in [1.82, 2.24) is 4.98 Å². The van der Waals surface area contributed by atoms with Gasteiger partial charge >= 0.3 is 0 Å². The van der Waals surface area contributed by atoms with E-state index in [4.69, 9.17) is 19.9 Å². The molecule has 0 radical (unpaired) electrons. The number of thioether (sulfide) groups is 1. The molecule has 44 heavy (non-hydrogen) atoms. The number of fused-ring (bicyclic) bond motifs is 3. The van der Waals surface area contributed by atoms with Gasteiger partial charge in [0, 0.05) is 22.6 Å². The quantitative estimate of drug-likeness (QED) is 0.214. The molecule has 1 amide bonds. The summed E-state index contributed by atoms with van der Waals surface area (Å²) in [4.78, 5) is 18.4. The van der Waals surface area contributed by atoms with Crippen LogP contribution in [0.1, 0.15) is 34.2 Å². The molecule has 0 spiro atoms. The number of thiophene rings is 1. The molecule has 0 unspecified atom stereocenters. The maximum absolute atomic E-state index is 13.0. The summed E-state index contributed by atoms with van der Waals surface area (Å²) in [5, 5.41) is 33.7. The van der Waals surface area contributed by atoms with Crippen LogP contribution in [0.15, 0.2) is 41.4 Å². The summed E-state index contributed by atoms with van der Waals surface area (Å²) in [7, 11) is 4.41. The van der Waals surface area contributed by atoms with Gasteiger partial charge in [-0.25, -0.2) is 4.98 Å². The van der Waals surface area contributed by atoms with Gasteiger partial charge in [0.15, 0.2) is 11.5 Å². The minimum absolute atomic E-state index is 0.0326. The van der Waals surface area contributed by atoms with Gasteiger partial charge in [-0.05, 0) is 47.2 Å². The zero-order valence-electron chi connectivity index (χ0n) is 24.1. The van der Waals surface area contributed by atoms with E-state index < -0.39 is 0 Å². The Hall–Kier alpha value is -5.22. The van der Waals surface area contributed by atoms with Gasteiger partial charge in [-0.3, -0.25) is 4.79 Å². The van der Waals surface area contributed by atoms with Crippen molar-refractivity contribution in [3.63, 3.8) is 0 Å². The van der Waals surface area contributed by atoms with Crippen LogP contribution in [0.5, 0.6) is 17.2 Å². The summed E-state index contributed by atoms with van der Waals surface area (Å²) in [5.74, 6) is 0.978. The minimum atomic E-state index is -0.272. The molecule has 10 nitrogen and oxygen atoms in total. The molecule has 220 valence electrons. The number of carbonyl (C=O) groups excluding carboxylic acids is 1. The first kappa shape index (κ1) is 30.2. The molecule has 0 bridgehead atoms. The molecule has 2 aromatic heterocycles. The number of rotatable bonds is 9. The first-order chi connectivity index (χ1) is 21.4. The second-order valence-electron chi connectivity index (χ2n) is 9.59. The van der Waals surface area contributed by atoms with Gasteiger partial charge in [0.25, 0.3) is 0 Å². The van der Waals surface area contributed by atoms with Crippen molar-refractivity contribution >= 4 is 39.8 Å². The molecule has 5 rings (SSSR count). The van der Waals surface area contributed by atoms with Crippen LogP contribution in [0, 0.1) is 34.0 Å². The van der Waals surface area contributed by atoms with Gasteiger partial charge in [0.2, 0.25) is 11.7 Å². The van der Waals surface area contributed by atoms with Crippen LogP contribution in [0.3, 0.4) is 0 Å². The number of carbonyl (C=O) groups is 1. The number of aromatic nitrogens is 1. The Labute approximate surface area is 262 Å². The average molecular weight is 623 g/mol. The molecule has 3 N–H and O–H groups in total. The highest BCUT2D eigenvalue weighted by Gasteiger charge is 2.26. The van der Waals surface area contributed by atoms with Crippen molar-refractivity contribution in [3.05, 3.63) is 64.2 Å². The largest absolute Gasteiger partial charge is 0.493 e. The van der Waals surface area contributed by atoms with Crippen LogP contribution in [0.25, 0.3) is 21.6 Å². The lowest BCUT2D eigenvalue weighted by molar-refractivity contribution is -0.115. The molecule has 1 aliphatic rings. The highest BCUT2D eigenvalue weighted by molar-refractivity contribution is 7.99. The molecule has 0 fully saturated rings. The lowest BCUT2D eigenvalue weighted by Crippen LogP contribution is -2.12. The third-order valence-corrected chi connectivity index (χ3v) is 9.37. The summed E-state index contributed by atoms with van der Waals surface area (Å²) < 4.78 is 16.3. The lowest BCUT2D eigenvalue weighted by Gasteiger charge is -2.17. The number of aryl methyl sites for hydroxylation is 1. The predicted octanol–water partition coefficient (Wildman–Crippen LogP) is 5.92. The Morgan fingerprint density at radius 3 is 2.32 bits per heavy atom. The van der Waals surface area contributed by atoms with Crippen LogP contribution in [0.4, 0.5) is 10.8 Å². The van der Waals surface area contributed by atoms with Crippen LogP contribution in [0.2, 0.25) is 0 Å². The number of hydrogen-bond acceptors (Lipinski definition) is 11. The molecular weight excluding hydrogens is 597 g/mol. The molecule has 12 heteroatoms. The average Bonchev–Trinajstić information content (AvgIpc) is 3.40. The zero-order chi connectivity index (χ0) is 31.4. The number of hydrogen-bond donors (Lipinski definition) is 2. The Morgan fingerprint density at radius 2 is 1.68 bits per heavy atom. The number of pyridine rings is 1. The van der Waals surface area contributed by atoms with Crippen LogP contribution in [-0.2, 0) is 17.6 Å². The van der Waals surface area contributed by atoms with Gasteiger partial charge in [-0.2, -0.15) is 15.8 Å². The number of nitriles is 3. The molecule has 1 aliphatic carbocycles. The smallest absolute Gasteiger partial charge is 0.225 e. The predicted molar refractivity (Wildman–Crippen MR) is 169 cm³/mol. The minimum Gasteiger partial charge on any atom is -0.493 e. The fourth-order valence-corrected chi connectivity index (χ4v) is 7.41. The molecule has 0 atom stereocenters. The summed E-state index contributed by atoms with van der Waals surface area (Å²) in [6.45, 7) is 0. The van der Waals surface area contributed by atoms with Crippen molar-refractivity contribution in [1.29, 1.82) is 15.8 Å². The van der Waals surface area contributed by atoms with Crippen molar-refractivity contribution < 1.29 is 19.0 Å². The SMILES string of the molecule is COc1cc(-c2c(C#N)c(N)nc(SCCC(=O)Nc3sc4c(c3C#N)CCc3ccccc3-4)c2C#N)cc(OC)c1OC. The Balaban J connectivity index is 1.39. The van der Waals surface area contributed by atoms with Crippen molar-refractivity contribution in [2.75, 3.05) is 38.1 Å². The second-order valence-corrected chi connectivity index (χ2v) is 11.7. The van der Waals surface area contributed by atoms with E-state index in [1.807, 2.05) is 18.2 Å². The Morgan fingerprint density at radius 1 is 1.00 bits per heavy atom. The molecule has 2 heterocycles. The van der Waals surface area contributed by atoms with E-state index in [1.54, 1.807) is 12.1 Å². The molecule has 0 saturated carbocycles. The van der Waals surface area contributed by atoms with Gasteiger partial charge in [0.1, 0.15) is 39.6 Å². The number of nitrogen functional groups attached to an aromatic ring is 1. The Kier molecular flexibility index (Phi) is 8.91. The van der Waals surface area contributed by atoms with Gasteiger partial charge < -0.3 is 25.3 Å². The Bertz CT molecular complexity index is 1890. The first-order valence-electron chi connectivity index (χ1n) is 13.4. The molecular formula is C32H26N6O4S2. The standard InChI is InChI=1S/C32H26N6O4S2/c1-40-24-12-18(13-25(41-2)28(24)42-3)27-22(15-34)30(36)38-31(23(27)16-35)43-11-10-26(39)37-32-21(14-33)20-9-8-17-6-4-5-7-19(17)29(20)44-32/h4-7,12-13H,8-11H2,1-3H3,(H2,36,38)(H,37,39). The number of methoxy groups -OCH3 is 3. The highest BCUT2D eigenvalue weighted by atomic mass is 32.2. The fourth-order valence-electron chi connectivity index (χ4n) is 5.19. The molecule has 2 aromatic carbocycles.